The van der Waals surface area contributed by atoms with Crippen LogP contribution in [0.5, 0.6) is 11.5 Å². The summed E-state index contributed by atoms with van der Waals surface area (Å²) in [6.07, 6.45) is -3.43. The van der Waals surface area contributed by atoms with Gasteiger partial charge in [0.2, 0.25) is 0 Å². The van der Waals surface area contributed by atoms with E-state index in [0.29, 0.717) is 5.56 Å². The van der Waals surface area contributed by atoms with Crippen LogP contribution < -0.4 is 16.2 Å². The first-order chi connectivity index (χ1) is 13.3. The number of aryl methyl sites for hydroxylation is 1. The first kappa shape index (κ1) is 22.2. The first-order valence-corrected chi connectivity index (χ1v) is 10.1. The van der Waals surface area contributed by atoms with Crippen LogP contribution in [0.15, 0.2) is 46.3 Å². The molecule has 0 bridgehead atoms. The second kappa shape index (κ2) is 8.11. The maximum atomic E-state index is 12.9. The summed E-state index contributed by atoms with van der Waals surface area (Å²) in [5, 5.41) is 0. The molecule has 0 aliphatic carbocycles. The van der Waals surface area contributed by atoms with Gasteiger partial charge < -0.3 is 16.2 Å². The average molecular weight is 429 g/mol. The highest BCUT2D eigenvalue weighted by atomic mass is 32.2. The normalized spacial score (nSPS) is 11.8. The molecule has 0 unspecified atom stereocenters. The molecule has 2 aromatic carbocycles. The second-order valence-electron chi connectivity index (χ2n) is 6.05. The van der Waals surface area contributed by atoms with E-state index in [0.717, 1.165) is 30.5 Å². The van der Waals surface area contributed by atoms with E-state index < -0.39 is 33.4 Å². The topological polar surface area (TPSA) is 125 Å². The summed E-state index contributed by atoms with van der Waals surface area (Å²) in [6, 6.07) is 6.31. The minimum absolute atomic E-state index is 0.0577. The molecule has 4 N–H and O–H groups in total. The predicted octanol–water partition coefficient (Wildman–Crippen LogP) is 2.88. The van der Waals surface area contributed by atoms with Gasteiger partial charge in [-0.2, -0.15) is 18.2 Å². The van der Waals surface area contributed by atoms with Crippen LogP contribution in [-0.2, 0) is 22.4 Å². The standard InChI is InChI=1S/C18H18F3N3O4S/c1-3-10-7-14(28-12-6-4-5-11(8-12)18(19,20)21)15(29(2,26)27)9-13(10)16(25)24-17(22)23/h4-9H,3H2,1-2H3,(H4,22,23,24,25). The number of hydrogen-bond acceptors (Lipinski definition) is 4. The van der Waals surface area contributed by atoms with Crippen LogP contribution in [0.3, 0.4) is 0 Å². The molecule has 0 aliphatic rings. The number of guanidine groups is 1. The number of nitrogens with two attached hydrogens (primary N) is 2. The van der Waals surface area contributed by atoms with Crippen molar-refractivity contribution >= 4 is 21.7 Å². The molecule has 0 radical (unpaired) electrons. The van der Waals surface area contributed by atoms with Gasteiger partial charge >= 0.3 is 6.18 Å². The quantitative estimate of drug-likeness (QED) is 0.556. The molecular formula is C18H18F3N3O4S. The SMILES string of the molecule is CCc1cc(Oc2cccc(C(F)(F)F)c2)c(S(C)(=O)=O)cc1C(=O)N=C(N)N. The fraction of sp³-hybridized carbons (Fsp3) is 0.222. The summed E-state index contributed by atoms with van der Waals surface area (Å²) in [6.45, 7) is 1.69. The number of ether oxygens (including phenoxy) is 1. The lowest BCUT2D eigenvalue weighted by atomic mass is 10.0. The minimum atomic E-state index is -4.59. The Balaban J connectivity index is 2.63. The van der Waals surface area contributed by atoms with E-state index in [2.05, 4.69) is 4.99 Å². The first-order valence-electron chi connectivity index (χ1n) is 8.19. The number of nitrogens with zero attached hydrogens (tertiary/aromatic N) is 1. The van der Waals surface area contributed by atoms with Gasteiger partial charge in [0, 0.05) is 11.8 Å². The average Bonchev–Trinajstić information content (AvgIpc) is 2.59. The summed E-state index contributed by atoms with van der Waals surface area (Å²) in [4.78, 5) is 15.2. The Morgan fingerprint density at radius 2 is 1.83 bits per heavy atom. The molecule has 2 rings (SSSR count). The Bertz CT molecular complexity index is 1080. The number of hydrogen-bond donors (Lipinski definition) is 2. The van der Waals surface area contributed by atoms with E-state index in [9.17, 15) is 26.4 Å². The van der Waals surface area contributed by atoms with Gasteiger partial charge in [-0.1, -0.05) is 13.0 Å². The smallest absolute Gasteiger partial charge is 0.416 e. The number of amides is 1. The maximum Gasteiger partial charge on any atom is 0.416 e. The van der Waals surface area contributed by atoms with Crippen molar-refractivity contribution in [2.75, 3.05) is 6.26 Å². The zero-order valence-electron chi connectivity index (χ0n) is 15.4. The summed E-state index contributed by atoms with van der Waals surface area (Å²) >= 11 is 0. The van der Waals surface area contributed by atoms with Crippen LogP contribution in [0.2, 0.25) is 0 Å². The van der Waals surface area contributed by atoms with Crippen molar-refractivity contribution < 1.29 is 31.1 Å². The third kappa shape index (κ3) is 5.47. The zero-order chi connectivity index (χ0) is 22.0. The third-order valence-electron chi connectivity index (χ3n) is 3.80. The number of sulfone groups is 1. The highest BCUT2D eigenvalue weighted by Gasteiger charge is 2.31. The largest absolute Gasteiger partial charge is 0.456 e. The minimum Gasteiger partial charge on any atom is -0.456 e. The van der Waals surface area contributed by atoms with Gasteiger partial charge in [-0.15, -0.1) is 0 Å². The molecule has 0 spiro atoms. The van der Waals surface area contributed by atoms with Crippen molar-refractivity contribution in [3.63, 3.8) is 0 Å². The predicted molar refractivity (Wildman–Crippen MR) is 101 cm³/mol. The number of carbonyl (C=O) groups is 1. The Kier molecular flexibility index (Phi) is 6.21. The Labute approximate surface area is 165 Å². The summed E-state index contributed by atoms with van der Waals surface area (Å²) in [5.41, 5.74) is 9.74. The van der Waals surface area contributed by atoms with Crippen LogP contribution in [0, 0.1) is 0 Å². The summed E-state index contributed by atoms with van der Waals surface area (Å²) in [5.74, 6) is -1.78. The lowest BCUT2D eigenvalue weighted by molar-refractivity contribution is -0.137. The molecule has 7 nitrogen and oxygen atoms in total. The van der Waals surface area contributed by atoms with E-state index in [1.54, 1.807) is 6.92 Å². The summed E-state index contributed by atoms with van der Waals surface area (Å²) in [7, 11) is -3.91. The van der Waals surface area contributed by atoms with Crippen LogP contribution in [0.1, 0.15) is 28.4 Å². The van der Waals surface area contributed by atoms with E-state index in [-0.39, 0.29) is 28.4 Å². The van der Waals surface area contributed by atoms with Crippen LogP contribution >= 0.6 is 0 Å². The Morgan fingerprint density at radius 3 is 2.34 bits per heavy atom. The van der Waals surface area contributed by atoms with Crippen molar-refractivity contribution in [2.45, 2.75) is 24.4 Å². The van der Waals surface area contributed by atoms with Gasteiger partial charge in [0.25, 0.3) is 5.91 Å². The number of alkyl halides is 3. The van der Waals surface area contributed by atoms with Gasteiger partial charge in [-0.3, -0.25) is 4.79 Å². The molecule has 0 aromatic heterocycles. The molecule has 1 amide bonds. The molecule has 0 fully saturated rings. The van der Waals surface area contributed by atoms with Crippen molar-refractivity contribution in [3.8, 4) is 11.5 Å². The van der Waals surface area contributed by atoms with E-state index in [1.165, 1.54) is 12.1 Å². The van der Waals surface area contributed by atoms with Gasteiger partial charge in [0.05, 0.1) is 5.56 Å². The van der Waals surface area contributed by atoms with Gasteiger partial charge in [-0.05, 0) is 42.3 Å². The highest BCUT2D eigenvalue weighted by molar-refractivity contribution is 7.90. The van der Waals surface area contributed by atoms with E-state index in [4.69, 9.17) is 16.2 Å². The van der Waals surface area contributed by atoms with Crippen LogP contribution in [0.25, 0.3) is 0 Å². The third-order valence-corrected chi connectivity index (χ3v) is 4.92. The van der Waals surface area contributed by atoms with Gasteiger partial charge in [-0.25, -0.2) is 8.42 Å². The number of benzene rings is 2. The van der Waals surface area contributed by atoms with Crippen molar-refractivity contribution in [1.82, 2.24) is 0 Å². The molecule has 2 aromatic rings. The molecule has 156 valence electrons. The molecule has 0 aliphatic heterocycles. The molecule has 0 atom stereocenters. The fourth-order valence-electron chi connectivity index (χ4n) is 2.50. The van der Waals surface area contributed by atoms with Crippen molar-refractivity contribution in [3.05, 3.63) is 53.1 Å². The van der Waals surface area contributed by atoms with Crippen LogP contribution in [0.4, 0.5) is 13.2 Å². The van der Waals surface area contributed by atoms with Crippen molar-refractivity contribution in [2.24, 2.45) is 16.5 Å². The second-order valence-corrected chi connectivity index (χ2v) is 8.04. The Hall–Kier alpha value is -3.08. The van der Waals surface area contributed by atoms with Crippen LogP contribution in [-0.4, -0.2) is 26.5 Å². The Morgan fingerprint density at radius 1 is 1.17 bits per heavy atom. The molecule has 0 heterocycles. The number of rotatable bonds is 5. The monoisotopic (exact) mass is 429 g/mol. The van der Waals surface area contributed by atoms with Gasteiger partial charge in [0.15, 0.2) is 15.8 Å². The molecule has 0 saturated carbocycles. The fourth-order valence-corrected chi connectivity index (χ4v) is 3.30. The van der Waals surface area contributed by atoms with E-state index >= 15 is 0 Å². The van der Waals surface area contributed by atoms with Gasteiger partial charge in [0.1, 0.15) is 16.4 Å². The maximum absolute atomic E-state index is 12.9. The zero-order valence-corrected chi connectivity index (χ0v) is 16.3. The number of halogens is 3. The lowest BCUT2D eigenvalue weighted by Crippen LogP contribution is -2.24. The molecule has 29 heavy (non-hydrogen) atoms. The van der Waals surface area contributed by atoms with E-state index in [1.807, 2.05) is 0 Å². The number of aliphatic imine (C=N–C) groups is 1. The molecule has 0 saturated heterocycles. The summed E-state index contributed by atoms with van der Waals surface area (Å²) < 4.78 is 68.6. The number of carbonyl (C=O) groups excluding carboxylic acids is 1. The van der Waals surface area contributed by atoms with Crippen molar-refractivity contribution in [1.29, 1.82) is 0 Å². The lowest BCUT2D eigenvalue weighted by Gasteiger charge is -2.15. The highest BCUT2D eigenvalue weighted by Crippen LogP contribution is 2.36. The molecule has 11 heteroatoms. The molecular weight excluding hydrogens is 411 g/mol.